The molecule has 2 heterocycles. The van der Waals surface area contributed by atoms with E-state index in [0.29, 0.717) is 22.3 Å². The Morgan fingerprint density at radius 3 is 2.81 bits per heavy atom. The van der Waals surface area contributed by atoms with Crippen LogP contribution >= 0.6 is 11.8 Å². The smallest absolute Gasteiger partial charge is 0.191 e. The quantitative estimate of drug-likeness (QED) is 0.693. The lowest BCUT2D eigenvalue weighted by Gasteiger charge is -2.03. The highest BCUT2D eigenvalue weighted by Crippen LogP contribution is 2.26. The molecule has 3 aromatic rings. The number of aryl methyl sites for hydroxylation is 1. The predicted molar refractivity (Wildman–Crippen MR) is 77.2 cm³/mol. The number of nitrogens with zero attached hydrogens (tertiary/aromatic N) is 4. The summed E-state index contributed by atoms with van der Waals surface area (Å²) >= 11 is 1.47. The summed E-state index contributed by atoms with van der Waals surface area (Å²) in [6.07, 6.45) is 0. The molecule has 7 heteroatoms. The van der Waals surface area contributed by atoms with Crippen molar-refractivity contribution in [3.05, 3.63) is 47.6 Å². The molecule has 5 nitrogen and oxygen atoms in total. The maximum absolute atomic E-state index is 13.8. The predicted octanol–water partition coefficient (Wildman–Crippen LogP) is 3.21. The van der Waals surface area contributed by atoms with Crippen LogP contribution in [0.5, 0.6) is 0 Å². The average molecular weight is 304 g/mol. The number of hydrogen-bond donors (Lipinski definition) is 0. The second kappa shape index (κ2) is 5.69. The van der Waals surface area contributed by atoms with Crippen LogP contribution in [0.1, 0.15) is 11.5 Å². The van der Waals surface area contributed by atoms with Crippen LogP contribution in [0.15, 0.2) is 40.0 Å². The normalized spacial score (nSPS) is 11.0. The number of halogens is 1. The van der Waals surface area contributed by atoms with E-state index in [9.17, 15) is 4.39 Å². The Bertz CT molecular complexity index is 768. The maximum atomic E-state index is 13.8. The van der Waals surface area contributed by atoms with Crippen molar-refractivity contribution in [2.45, 2.75) is 17.8 Å². The molecule has 108 valence electrons. The first-order valence-electron chi connectivity index (χ1n) is 6.34. The van der Waals surface area contributed by atoms with Gasteiger partial charge in [-0.2, -0.15) is 0 Å². The Kier molecular flexibility index (Phi) is 3.74. The van der Waals surface area contributed by atoms with Crippen LogP contribution in [0.25, 0.3) is 11.4 Å². The zero-order valence-corrected chi connectivity index (χ0v) is 12.4. The van der Waals surface area contributed by atoms with Gasteiger partial charge in [0.2, 0.25) is 0 Å². The highest BCUT2D eigenvalue weighted by Gasteiger charge is 2.15. The molecule has 21 heavy (non-hydrogen) atoms. The summed E-state index contributed by atoms with van der Waals surface area (Å²) in [6.45, 7) is 1.87. The third-order valence-electron chi connectivity index (χ3n) is 2.97. The molecule has 0 unspecified atom stereocenters. The summed E-state index contributed by atoms with van der Waals surface area (Å²) in [6, 6.07) is 8.40. The molecular weight excluding hydrogens is 291 g/mol. The van der Waals surface area contributed by atoms with Gasteiger partial charge in [-0.05, 0) is 19.1 Å². The van der Waals surface area contributed by atoms with E-state index in [0.717, 1.165) is 11.5 Å². The molecule has 0 fully saturated rings. The van der Waals surface area contributed by atoms with Crippen molar-refractivity contribution >= 4 is 11.8 Å². The molecule has 0 aliphatic rings. The first-order chi connectivity index (χ1) is 10.1. The second-order valence-corrected chi connectivity index (χ2v) is 5.51. The molecule has 0 N–H and O–H groups in total. The molecule has 0 bridgehead atoms. The summed E-state index contributed by atoms with van der Waals surface area (Å²) in [5.41, 5.74) is 1.28. The summed E-state index contributed by atoms with van der Waals surface area (Å²) in [5, 5.41) is 12.7. The van der Waals surface area contributed by atoms with Gasteiger partial charge in [-0.25, -0.2) is 4.39 Å². The van der Waals surface area contributed by atoms with Crippen molar-refractivity contribution < 1.29 is 8.91 Å². The number of hydrogen-bond acceptors (Lipinski definition) is 5. The molecule has 0 radical (unpaired) electrons. The van der Waals surface area contributed by atoms with Crippen molar-refractivity contribution in [1.29, 1.82) is 0 Å². The topological polar surface area (TPSA) is 56.7 Å². The number of thioether (sulfide) groups is 1. The third kappa shape index (κ3) is 2.82. The Labute approximate surface area is 125 Å². The van der Waals surface area contributed by atoms with E-state index in [1.807, 2.05) is 20.0 Å². The van der Waals surface area contributed by atoms with Gasteiger partial charge in [0.15, 0.2) is 11.0 Å². The van der Waals surface area contributed by atoms with Crippen molar-refractivity contribution in [3.63, 3.8) is 0 Å². The van der Waals surface area contributed by atoms with Crippen LogP contribution in [0.3, 0.4) is 0 Å². The minimum Gasteiger partial charge on any atom is -0.360 e. The van der Waals surface area contributed by atoms with Crippen molar-refractivity contribution in [3.8, 4) is 11.4 Å². The van der Waals surface area contributed by atoms with Crippen molar-refractivity contribution in [2.75, 3.05) is 0 Å². The fourth-order valence-electron chi connectivity index (χ4n) is 1.94. The van der Waals surface area contributed by atoms with Crippen LogP contribution in [-0.2, 0) is 12.8 Å². The first kappa shape index (κ1) is 13.8. The van der Waals surface area contributed by atoms with Gasteiger partial charge in [0, 0.05) is 13.1 Å². The van der Waals surface area contributed by atoms with E-state index in [-0.39, 0.29) is 5.82 Å². The van der Waals surface area contributed by atoms with Gasteiger partial charge in [-0.3, -0.25) is 0 Å². The van der Waals surface area contributed by atoms with Crippen LogP contribution in [0, 0.1) is 12.7 Å². The van der Waals surface area contributed by atoms with E-state index in [4.69, 9.17) is 4.52 Å². The van der Waals surface area contributed by atoms with E-state index in [2.05, 4.69) is 15.4 Å². The van der Waals surface area contributed by atoms with Gasteiger partial charge in [0.05, 0.1) is 17.0 Å². The Morgan fingerprint density at radius 2 is 2.10 bits per heavy atom. The van der Waals surface area contributed by atoms with E-state index in [1.54, 1.807) is 22.8 Å². The summed E-state index contributed by atoms with van der Waals surface area (Å²) in [4.78, 5) is 0. The van der Waals surface area contributed by atoms with Gasteiger partial charge in [-0.15, -0.1) is 10.2 Å². The summed E-state index contributed by atoms with van der Waals surface area (Å²) in [5.74, 6) is 1.57. The minimum atomic E-state index is -0.310. The Balaban J connectivity index is 1.81. The molecule has 0 aliphatic heterocycles. The van der Waals surface area contributed by atoms with Gasteiger partial charge in [0.1, 0.15) is 11.6 Å². The number of benzene rings is 1. The molecule has 0 spiro atoms. The number of aromatic nitrogens is 4. The largest absolute Gasteiger partial charge is 0.360 e. The van der Waals surface area contributed by atoms with Crippen LogP contribution in [0.2, 0.25) is 0 Å². The van der Waals surface area contributed by atoms with E-state index < -0.39 is 0 Å². The standard InChI is InChI=1S/C14H13FN4OS/c1-9-7-10(20-18-9)8-21-14-17-16-13(19(14)2)11-5-3-4-6-12(11)15/h3-7H,8H2,1-2H3. The molecule has 3 rings (SSSR count). The highest BCUT2D eigenvalue weighted by atomic mass is 32.2. The summed E-state index contributed by atoms with van der Waals surface area (Å²) < 4.78 is 20.7. The van der Waals surface area contributed by atoms with Gasteiger partial charge < -0.3 is 9.09 Å². The van der Waals surface area contributed by atoms with Gasteiger partial charge in [-0.1, -0.05) is 29.1 Å². The lowest BCUT2D eigenvalue weighted by molar-refractivity contribution is 0.391. The highest BCUT2D eigenvalue weighted by molar-refractivity contribution is 7.98. The van der Waals surface area contributed by atoms with E-state index in [1.165, 1.54) is 17.8 Å². The van der Waals surface area contributed by atoms with Crippen molar-refractivity contribution in [1.82, 2.24) is 19.9 Å². The fraction of sp³-hybridized carbons (Fsp3) is 0.214. The molecule has 0 saturated carbocycles. The zero-order chi connectivity index (χ0) is 14.8. The molecule has 0 amide bonds. The Hall–Kier alpha value is -2.15. The minimum absolute atomic E-state index is 0.310. The fourth-order valence-corrected chi connectivity index (χ4v) is 2.72. The molecule has 0 atom stereocenters. The lowest BCUT2D eigenvalue weighted by atomic mass is 10.2. The Morgan fingerprint density at radius 1 is 1.29 bits per heavy atom. The van der Waals surface area contributed by atoms with Crippen LogP contribution in [0.4, 0.5) is 4.39 Å². The van der Waals surface area contributed by atoms with Gasteiger partial charge >= 0.3 is 0 Å². The molecule has 0 saturated heterocycles. The molecule has 0 aliphatic carbocycles. The van der Waals surface area contributed by atoms with Gasteiger partial charge in [0.25, 0.3) is 0 Å². The van der Waals surface area contributed by atoms with E-state index >= 15 is 0 Å². The van der Waals surface area contributed by atoms with Crippen molar-refractivity contribution in [2.24, 2.45) is 7.05 Å². The first-order valence-corrected chi connectivity index (χ1v) is 7.33. The SMILES string of the molecule is Cc1cc(CSc2nnc(-c3ccccc3F)n2C)on1. The molecule has 2 aromatic heterocycles. The third-order valence-corrected chi connectivity index (χ3v) is 4.01. The maximum Gasteiger partial charge on any atom is 0.191 e. The van der Waals surface area contributed by atoms with Crippen LogP contribution < -0.4 is 0 Å². The van der Waals surface area contributed by atoms with Crippen LogP contribution in [-0.4, -0.2) is 19.9 Å². The lowest BCUT2D eigenvalue weighted by Crippen LogP contribution is -1.96. The zero-order valence-electron chi connectivity index (χ0n) is 11.6. The molecular formula is C14H13FN4OS. The summed E-state index contributed by atoms with van der Waals surface area (Å²) in [7, 11) is 1.82. The number of rotatable bonds is 4. The molecule has 1 aromatic carbocycles. The monoisotopic (exact) mass is 304 g/mol. The average Bonchev–Trinajstić information content (AvgIpc) is 3.04. The second-order valence-electron chi connectivity index (χ2n) is 4.57.